The second-order valence-electron chi connectivity index (χ2n) is 7.12. The summed E-state index contributed by atoms with van der Waals surface area (Å²) in [4.78, 5) is 56.9. The van der Waals surface area contributed by atoms with E-state index in [1.807, 2.05) is 0 Å². The average Bonchev–Trinajstić information content (AvgIpc) is 2.71. The Bertz CT molecular complexity index is 946. The molecular weight excluding hydrogens is 462 g/mol. The van der Waals surface area contributed by atoms with Gasteiger partial charge in [-0.1, -0.05) is 0 Å². The van der Waals surface area contributed by atoms with Crippen molar-refractivity contribution in [3.8, 4) is 5.75 Å². The summed E-state index contributed by atoms with van der Waals surface area (Å²) in [5.74, 6) is -6.47. The molecule has 0 aliphatic carbocycles. The zero-order valence-electron chi connectivity index (χ0n) is 18.6. The molecule has 2 rings (SSSR count). The molecule has 1 saturated heterocycles. The van der Waals surface area contributed by atoms with Gasteiger partial charge in [0.2, 0.25) is 6.10 Å². The molecule has 186 valence electrons. The van der Waals surface area contributed by atoms with Gasteiger partial charge in [0.15, 0.2) is 12.2 Å². The van der Waals surface area contributed by atoms with Crippen LogP contribution in [0.25, 0.3) is 0 Å². The quantitative estimate of drug-likeness (QED) is 0.175. The van der Waals surface area contributed by atoms with E-state index in [2.05, 4.69) is 0 Å². The van der Waals surface area contributed by atoms with E-state index in [-0.39, 0.29) is 11.4 Å². The van der Waals surface area contributed by atoms with E-state index in [0.29, 0.717) is 0 Å². The number of carbonyl (C=O) groups is 4. The van der Waals surface area contributed by atoms with Crippen LogP contribution in [-0.4, -0.2) is 70.9 Å². The van der Waals surface area contributed by atoms with Crippen molar-refractivity contribution in [2.45, 2.75) is 58.1 Å². The van der Waals surface area contributed by atoms with E-state index in [9.17, 15) is 34.4 Å². The molecule has 1 N–H and O–H groups in total. The SMILES string of the molecule is CC(=O)OC[C@H]1O[C@@](O)(Oc2ccc([N+](=O)[O-])cc2)[C@H](OC(C)=O)[C@@H](OC(C)=O)[C@H]1OC(C)=O. The summed E-state index contributed by atoms with van der Waals surface area (Å²) in [6.45, 7) is 3.56. The number of hydrogen-bond donors (Lipinski definition) is 1. The molecular formula is C20H23NO13. The van der Waals surface area contributed by atoms with Crippen LogP contribution in [0, 0.1) is 10.1 Å². The second kappa shape index (κ2) is 10.9. The summed E-state index contributed by atoms with van der Waals surface area (Å²) in [7, 11) is 0. The van der Waals surface area contributed by atoms with E-state index in [4.69, 9.17) is 28.4 Å². The highest BCUT2D eigenvalue weighted by molar-refractivity contribution is 5.68. The highest BCUT2D eigenvalue weighted by Gasteiger charge is 2.62. The number of ether oxygens (including phenoxy) is 6. The number of aliphatic hydroxyl groups is 1. The van der Waals surface area contributed by atoms with E-state index < -0.39 is 65.8 Å². The fourth-order valence-electron chi connectivity index (χ4n) is 3.13. The third kappa shape index (κ3) is 6.86. The molecule has 0 amide bonds. The van der Waals surface area contributed by atoms with Gasteiger partial charge in [-0.2, -0.15) is 0 Å². The molecule has 14 heteroatoms. The van der Waals surface area contributed by atoms with Crippen LogP contribution in [0.15, 0.2) is 24.3 Å². The third-order valence-corrected chi connectivity index (χ3v) is 4.33. The number of rotatable bonds is 8. The lowest BCUT2D eigenvalue weighted by Crippen LogP contribution is -2.70. The van der Waals surface area contributed by atoms with Crippen molar-refractivity contribution >= 4 is 29.6 Å². The molecule has 14 nitrogen and oxygen atoms in total. The highest BCUT2D eigenvalue weighted by Crippen LogP contribution is 2.36. The van der Waals surface area contributed by atoms with Crippen LogP contribution in [0.4, 0.5) is 5.69 Å². The van der Waals surface area contributed by atoms with E-state index >= 15 is 0 Å². The smallest absolute Gasteiger partial charge is 0.368 e. The van der Waals surface area contributed by atoms with Crippen LogP contribution in [0.1, 0.15) is 27.7 Å². The molecule has 0 aromatic heterocycles. The first kappa shape index (κ1) is 26.5. The van der Waals surface area contributed by atoms with Crippen molar-refractivity contribution in [2.24, 2.45) is 0 Å². The fourth-order valence-corrected chi connectivity index (χ4v) is 3.13. The first-order chi connectivity index (χ1) is 15.8. The Morgan fingerprint density at radius 3 is 1.94 bits per heavy atom. The van der Waals surface area contributed by atoms with Crippen molar-refractivity contribution in [2.75, 3.05) is 6.61 Å². The van der Waals surface area contributed by atoms with Gasteiger partial charge in [-0.15, -0.1) is 0 Å². The zero-order chi connectivity index (χ0) is 25.6. The Morgan fingerprint density at radius 1 is 0.941 bits per heavy atom. The van der Waals surface area contributed by atoms with Gasteiger partial charge < -0.3 is 33.5 Å². The van der Waals surface area contributed by atoms with E-state index in [0.717, 1.165) is 52.0 Å². The highest BCUT2D eigenvalue weighted by atomic mass is 16.9. The molecule has 0 saturated carbocycles. The molecule has 0 spiro atoms. The maximum absolute atomic E-state index is 11.8. The van der Waals surface area contributed by atoms with E-state index in [1.54, 1.807) is 0 Å². The summed E-state index contributed by atoms with van der Waals surface area (Å²) in [5, 5.41) is 22.1. The van der Waals surface area contributed by atoms with Crippen molar-refractivity contribution in [1.29, 1.82) is 0 Å². The van der Waals surface area contributed by atoms with Gasteiger partial charge in [0.25, 0.3) is 5.69 Å². The minimum absolute atomic E-state index is 0.163. The Labute approximate surface area is 192 Å². The lowest BCUT2D eigenvalue weighted by molar-refractivity contribution is -0.421. The molecule has 1 aromatic rings. The van der Waals surface area contributed by atoms with Crippen molar-refractivity contribution in [1.82, 2.24) is 0 Å². The van der Waals surface area contributed by atoms with Crippen LogP contribution >= 0.6 is 0 Å². The summed E-state index contributed by atoms with van der Waals surface area (Å²) in [5.41, 5.74) is -0.277. The standard InChI is InChI=1S/C20H23NO13/c1-10(22)29-9-16-17(30-11(2)23)18(31-12(3)24)19(32-13(4)25)20(26,34-16)33-15-7-5-14(6-8-15)21(27)28/h5-8,16-19,26H,9H2,1-4H3/t16-,17+,18+,19-,20+/m1/s1. The van der Waals surface area contributed by atoms with E-state index in [1.165, 1.54) is 0 Å². The fraction of sp³-hybridized carbons (Fsp3) is 0.500. The van der Waals surface area contributed by atoms with Gasteiger partial charge in [-0.3, -0.25) is 29.3 Å². The van der Waals surface area contributed by atoms with Crippen LogP contribution in [-0.2, 0) is 42.9 Å². The minimum atomic E-state index is -2.87. The molecule has 1 aromatic carbocycles. The molecule has 1 aliphatic heterocycles. The predicted molar refractivity (Wildman–Crippen MR) is 107 cm³/mol. The van der Waals surface area contributed by atoms with Crippen LogP contribution in [0.5, 0.6) is 5.75 Å². The largest absolute Gasteiger partial charge is 0.463 e. The molecule has 1 aliphatic rings. The molecule has 34 heavy (non-hydrogen) atoms. The van der Waals surface area contributed by atoms with Crippen LogP contribution < -0.4 is 4.74 Å². The normalized spacial score (nSPS) is 26.0. The van der Waals surface area contributed by atoms with Gasteiger partial charge in [-0.05, 0) is 12.1 Å². The minimum Gasteiger partial charge on any atom is -0.463 e. The number of nitro benzene ring substituents is 1. The monoisotopic (exact) mass is 485 g/mol. The zero-order valence-corrected chi connectivity index (χ0v) is 18.6. The first-order valence-electron chi connectivity index (χ1n) is 9.81. The van der Waals surface area contributed by atoms with Gasteiger partial charge in [0, 0.05) is 39.8 Å². The van der Waals surface area contributed by atoms with Crippen LogP contribution in [0.2, 0.25) is 0 Å². The van der Waals surface area contributed by atoms with Gasteiger partial charge >= 0.3 is 29.9 Å². The average molecular weight is 485 g/mol. The molecule has 1 heterocycles. The number of nitro groups is 1. The van der Waals surface area contributed by atoms with Crippen molar-refractivity contribution in [3.63, 3.8) is 0 Å². The second-order valence-corrected chi connectivity index (χ2v) is 7.12. The summed E-state index contributed by atoms with van der Waals surface area (Å²) < 4.78 is 31.4. The number of carbonyl (C=O) groups excluding carboxylic acids is 4. The van der Waals surface area contributed by atoms with Gasteiger partial charge in [0.05, 0.1) is 4.92 Å². The molecule has 0 radical (unpaired) electrons. The molecule has 0 unspecified atom stereocenters. The molecule has 0 bridgehead atoms. The number of hydrogen-bond acceptors (Lipinski definition) is 13. The number of esters is 4. The Hall–Kier alpha value is -3.78. The topological polar surface area (TPSA) is 187 Å². The first-order valence-corrected chi connectivity index (χ1v) is 9.81. The summed E-state index contributed by atoms with van der Waals surface area (Å²) >= 11 is 0. The number of benzene rings is 1. The lowest BCUT2D eigenvalue weighted by Gasteiger charge is -2.47. The predicted octanol–water partition coefficient (Wildman–Crippen LogP) is 0.377. The number of non-ortho nitro benzene ring substituents is 1. The van der Waals surface area contributed by atoms with Crippen molar-refractivity contribution < 1.29 is 57.6 Å². The molecule has 1 fully saturated rings. The Morgan fingerprint density at radius 2 is 1.47 bits per heavy atom. The van der Waals surface area contributed by atoms with Gasteiger partial charge in [-0.25, -0.2) is 0 Å². The molecule has 5 atom stereocenters. The number of nitrogens with zero attached hydrogens (tertiary/aromatic N) is 1. The maximum atomic E-state index is 11.8. The van der Waals surface area contributed by atoms with Gasteiger partial charge in [0.1, 0.15) is 18.5 Å². The third-order valence-electron chi connectivity index (χ3n) is 4.33. The maximum Gasteiger partial charge on any atom is 0.368 e. The van der Waals surface area contributed by atoms with Crippen LogP contribution in [0.3, 0.4) is 0 Å². The Balaban J connectivity index is 2.53. The summed E-state index contributed by atoms with van der Waals surface area (Å²) in [6.07, 6.45) is -6.51. The summed E-state index contributed by atoms with van der Waals surface area (Å²) in [6, 6.07) is 4.41. The lowest BCUT2D eigenvalue weighted by atomic mass is 9.96. The Kier molecular flexibility index (Phi) is 8.48. The van der Waals surface area contributed by atoms with Crippen molar-refractivity contribution in [3.05, 3.63) is 34.4 Å².